The predicted molar refractivity (Wildman–Crippen MR) is 238 cm³/mol. The zero-order valence-electron chi connectivity index (χ0n) is 36.7. The minimum Gasteiger partial charge on any atom is -0.512 e. The Morgan fingerprint density at radius 3 is 2.04 bits per heavy atom. The number of aryl methyl sites for hydroxylation is 1. The molecule has 6 rings (SSSR count). The van der Waals surface area contributed by atoms with Crippen LogP contribution in [-0.4, -0.2) is 20.9 Å². The topological polar surface area (TPSA) is 76.2 Å². The van der Waals surface area contributed by atoms with Crippen LogP contribution in [-0.2, 0) is 37.7 Å². The number of allylic oxidation sites excluding steroid dienone is 2. The van der Waals surface area contributed by atoms with E-state index in [1.54, 1.807) is 0 Å². The van der Waals surface area contributed by atoms with Gasteiger partial charge in [0.2, 0.25) is 0 Å². The molecule has 2 aromatic heterocycles. The van der Waals surface area contributed by atoms with Gasteiger partial charge in [0.25, 0.3) is 0 Å². The van der Waals surface area contributed by atoms with E-state index in [0.29, 0.717) is 11.8 Å². The van der Waals surface area contributed by atoms with E-state index < -0.39 is 0 Å². The van der Waals surface area contributed by atoms with Crippen LogP contribution in [0.4, 0.5) is 0 Å². The molecule has 0 unspecified atom stereocenters. The summed E-state index contributed by atoms with van der Waals surface area (Å²) in [6.07, 6.45) is 6.85. The fraction of sp³-hybridized carbons (Fsp3) is 0.471. The Balaban J connectivity index is 0.000000341. The van der Waals surface area contributed by atoms with Crippen LogP contribution in [0, 0.1) is 35.7 Å². The summed E-state index contributed by atoms with van der Waals surface area (Å²) in [6.45, 7) is 27.7. The van der Waals surface area contributed by atoms with Crippen molar-refractivity contribution in [3.63, 3.8) is 0 Å². The Hall–Kier alpha value is -3.86. The smallest absolute Gasteiger partial charge is 0.164 e. The number of carbonyl (C=O) groups is 1. The van der Waals surface area contributed by atoms with Gasteiger partial charge < -0.3 is 9.52 Å². The van der Waals surface area contributed by atoms with Gasteiger partial charge in [-0.15, -0.1) is 18.2 Å². The zero-order valence-corrected chi connectivity index (χ0v) is 39.1. The maximum Gasteiger partial charge on any atom is 0.164 e. The van der Waals surface area contributed by atoms with Gasteiger partial charge in [-0.2, -0.15) is 0 Å². The molecule has 6 aromatic rings. The van der Waals surface area contributed by atoms with Crippen LogP contribution in [0.15, 0.2) is 70.8 Å². The molecule has 0 spiro atoms. The molecule has 0 bridgehead atoms. The molecule has 0 saturated heterocycles. The monoisotopic (exact) mass is 946 g/mol. The van der Waals surface area contributed by atoms with Crippen molar-refractivity contribution in [2.75, 3.05) is 0 Å². The predicted octanol–water partition coefficient (Wildman–Crippen LogP) is 14.6. The second-order valence-electron chi connectivity index (χ2n) is 17.7. The molecule has 0 fully saturated rings. The molecule has 0 amide bonds. The second-order valence-corrected chi connectivity index (χ2v) is 17.7. The fourth-order valence-corrected chi connectivity index (χ4v) is 7.57. The number of benzene rings is 4. The summed E-state index contributed by atoms with van der Waals surface area (Å²) in [5.41, 5.74) is 7.93. The van der Waals surface area contributed by atoms with Crippen LogP contribution in [0.3, 0.4) is 0 Å². The van der Waals surface area contributed by atoms with E-state index >= 15 is 0 Å². The molecule has 1 N–H and O–H groups in total. The SMILES string of the molecule is CCC(C)(CC)C(=O)/C=C(\O)C(C)(CC)CC.Cc1ccc2c(c1)oc1c(-c3nc(C(C)C)nc4c3ccc3cc(CC(C)C)cc(CC(C)C)c34)[c-]ccc12.[Ir]. The molecule has 0 aliphatic rings. The Labute approximate surface area is 355 Å². The Morgan fingerprint density at radius 1 is 0.807 bits per heavy atom. The number of carbonyl (C=O) groups excluding carboxylic acids is 1. The first kappa shape index (κ1) is 45.8. The van der Waals surface area contributed by atoms with Gasteiger partial charge >= 0.3 is 0 Å². The third-order valence-electron chi connectivity index (χ3n) is 12.2. The van der Waals surface area contributed by atoms with Gasteiger partial charge in [0.1, 0.15) is 17.2 Å². The van der Waals surface area contributed by atoms with Gasteiger partial charge in [-0.1, -0.05) is 130 Å². The minimum absolute atomic E-state index is 0. The van der Waals surface area contributed by atoms with Gasteiger partial charge in [-0.25, -0.2) is 4.98 Å². The summed E-state index contributed by atoms with van der Waals surface area (Å²) < 4.78 is 6.49. The summed E-state index contributed by atoms with van der Waals surface area (Å²) in [4.78, 5) is 22.6. The molecule has 1 radical (unpaired) electrons. The maximum absolute atomic E-state index is 12.2. The third kappa shape index (κ3) is 9.72. The first-order chi connectivity index (χ1) is 26.5. The van der Waals surface area contributed by atoms with Gasteiger partial charge in [0.15, 0.2) is 5.78 Å². The molecule has 57 heavy (non-hydrogen) atoms. The number of rotatable bonds is 13. The van der Waals surface area contributed by atoms with Gasteiger partial charge in [-0.3, -0.25) is 9.78 Å². The van der Waals surface area contributed by atoms with Crippen LogP contribution in [0.1, 0.15) is 137 Å². The Morgan fingerprint density at radius 2 is 1.44 bits per heavy atom. The van der Waals surface area contributed by atoms with Gasteiger partial charge in [-0.05, 0) is 90.8 Å². The van der Waals surface area contributed by atoms with E-state index in [4.69, 9.17) is 14.4 Å². The molecule has 0 atom stereocenters. The van der Waals surface area contributed by atoms with E-state index in [2.05, 4.69) is 103 Å². The van der Waals surface area contributed by atoms with Crippen molar-refractivity contribution in [3.8, 4) is 11.3 Å². The van der Waals surface area contributed by atoms with Crippen molar-refractivity contribution in [2.24, 2.45) is 22.7 Å². The number of furan rings is 1. The van der Waals surface area contributed by atoms with Crippen LogP contribution >= 0.6 is 0 Å². The number of hydrogen-bond acceptors (Lipinski definition) is 5. The van der Waals surface area contributed by atoms with Crippen LogP contribution in [0.2, 0.25) is 0 Å². The molecule has 4 aromatic carbocycles. The summed E-state index contributed by atoms with van der Waals surface area (Å²) in [7, 11) is 0. The van der Waals surface area contributed by atoms with E-state index in [1.807, 2.05) is 47.6 Å². The summed E-state index contributed by atoms with van der Waals surface area (Å²) in [5, 5.41) is 15.9. The molecule has 0 aliphatic heterocycles. The molecular formula is C51H65IrN2O3-. The van der Waals surface area contributed by atoms with E-state index in [-0.39, 0.29) is 48.4 Å². The van der Waals surface area contributed by atoms with Crippen molar-refractivity contribution in [1.29, 1.82) is 0 Å². The molecule has 307 valence electrons. The van der Waals surface area contributed by atoms with Gasteiger partial charge in [0, 0.05) is 59.4 Å². The average Bonchev–Trinajstić information content (AvgIpc) is 3.53. The number of aliphatic hydroxyl groups is 1. The molecular weight excluding hydrogens is 881 g/mol. The second kappa shape index (κ2) is 18.8. The number of ketones is 1. The molecule has 6 heteroatoms. The largest absolute Gasteiger partial charge is 0.512 e. The number of aliphatic hydroxyl groups excluding tert-OH is 1. The average molecular weight is 946 g/mol. The molecule has 0 aliphatic carbocycles. The minimum atomic E-state index is -0.337. The quantitative estimate of drug-likeness (QED) is 0.0540. The first-order valence-corrected chi connectivity index (χ1v) is 21.0. The number of fused-ring (bicyclic) bond motifs is 6. The van der Waals surface area contributed by atoms with E-state index in [1.165, 1.54) is 33.5 Å². The van der Waals surface area contributed by atoms with Crippen molar-refractivity contribution in [2.45, 2.75) is 134 Å². The Bertz CT molecular complexity index is 2370. The number of hydrogen-bond donors (Lipinski definition) is 1. The van der Waals surface area contributed by atoms with E-state index in [0.717, 1.165) is 88.4 Å². The zero-order chi connectivity index (χ0) is 41.1. The van der Waals surface area contributed by atoms with Crippen LogP contribution in [0.25, 0.3) is 54.9 Å². The normalized spacial score (nSPS) is 12.6. The molecule has 2 heterocycles. The number of aromatic nitrogens is 2. The summed E-state index contributed by atoms with van der Waals surface area (Å²) >= 11 is 0. The summed E-state index contributed by atoms with van der Waals surface area (Å²) in [5.74, 6) is 2.48. The molecule has 0 saturated carbocycles. The van der Waals surface area contributed by atoms with E-state index in [9.17, 15) is 9.90 Å². The first-order valence-electron chi connectivity index (χ1n) is 21.0. The standard InChI is InChI=1S/C36H37N2O.C15H28O2.Ir/c1-20(2)15-24-18-25-12-14-29-33(30-10-8-9-28-27-13-11-23(7)17-31(27)39-35(28)30)37-36(22(5)6)38-34(29)32(25)26(19-24)16-21(3)4;1-7-14(5,8-2)12(16)11-13(17)15(6,9-3)10-4;/h8-9,11-14,17-22H,15-16H2,1-7H3;11,16H,7-10H2,1-6H3;/q-1;;/b;12-11-;. The third-order valence-corrected chi connectivity index (χ3v) is 12.2. The van der Waals surface area contributed by atoms with Crippen molar-refractivity contribution < 1.29 is 34.4 Å². The number of nitrogens with zero attached hydrogens (tertiary/aromatic N) is 2. The maximum atomic E-state index is 12.2. The van der Waals surface area contributed by atoms with Crippen LogP contribution in [0.5, 0.6) is 0 Å². The van der Waals surface area contributed by atoms with Crippen LogP contribution < -0.4 is 0 Å². The Kier molecular flexibility index (Phi) is 15.1. The molecule has 5 nitrogen and oxygen atoms in total. The van der Waals surface area contributed by atoms with Crippen molar-refractivity contribution >= 4 is 49.4 Å². The fourth-order valence-electron chi connectivity index (χ4n) is 7.57. The van der Waals surface area contributed by atoms with Gasteiger partial charge in [0.05, 0.1) is 11.1 Å². The summed E-state index contributed by atoms with van der Waals surface area (Å²) in [6, 6.07) is 23.2. The van der Waals surface area contributed by atoms with Crippen molar-refractivity contribution in [3.05, 3.63) is 95.0 Å². The van der Waals surface area contributed by atoms with Crippen molar-refractivity contribution in [1.82, 2.24) is 9.97 Å².